The Morgan fingerprint density at radius 3 is 2.40 bits per heavy atom. The molecule has 0 aliphatic carbocycles. The molecule has 156 valence electrons. The van der Waals surface area contributed by atoms with Crippen LogP contribution < -0.4 is 4.72 Å². The van der Waals surface area contributed by atoms with Gasteiger partial charge in [-0.25, -0.2) is 13.4 Å². The van der Waals surface area contributed by atoms with Crippen LogP contribution >= 0.6 is 11.5 Å². The van der Waals surface area contributed by atoms with Gasteiger partial charge in [0, 0.05) is 24.6 Å². The number of ether oxygens (including phenoxy) is 1. The lowest BCUT2D eigenvalue weighted by atomic mass is 10.1. The molecule has 2 aromatic carbocycles. The van der Waals surface area contributed by atoms with Crippen LogP contribution in [0.25, 0.3) is 11.1 Å². The number of hydrogen-bond donors (Lipinski definition) is 1. The van der Waals surface area contributed by atoms with Crippen LogP contribution in [0.3, 0.4) is 0 Å². The number of aromatic nitrogens is 2. The van der Waals surface area contributed by atoms with E-state index in [2.05, 4.69) is 14.1 Å². The van der Waals surface area contributed by atoms with Crippen LogP contribution in [0.1, 0.15) is 5.82 Å². The smallest absolute Gasteiger partial charge is 0.263 e. The Morgan fingerprint density at radius 2 is 1.70 bits per heavy atom. The first-order valence-corrected chi connectivity index (χ1v) is 11.6. The van der Waals surface area contributed by atoms with Crippen molar-refractivity contribution in [1.82, 2.24) is 14.3 Å². The standard InChI is InChI=1S/C20H20N4O4S2/c25-19(24-10-12-28-13-11-24)14-18-21-20(29-22-18)23-30(26,27)17-8-6-16(7-9-17)15-4-2-1-3-5-15/h1-9H,10-14H2,(H,21,22,23). The molecule has 10 heteroatoms. The summed E-state index contributed by atoms with van der Waals surface area (Å²) in [6, 6.07) is 16.3. The second-order valence-electron chi connectivity index (χ2n) is 6.68. The lowest BCUT2D eigenvalue weighted by Gasteiger charge is -2.26. The van der Waals surface area contributed by atoms with Crippen LogP contribution in [0.15, 0.2) is 59.5 Å². The summed E-state index contributed by atoms with van der Waals surface area (Å²) >= 11 is 0.913. The molecule has 1 aliphatic rings. The van der Waals surface area contributed by atoms with E-state index < -0.39 is 10.0 Å². The highest BCUT2D eigenvalue weighted by atomic mass is 32.2. The molecule has 4 rings (SSSR count). The van der Waals surface area contributed by atoms with Crippen molar-refractivity contribution in [3.05, 3.63) is 60.4 Å². The average molecular weight is 445 g/mol. The number of carbonyl (C=O) groups is 1. The molecule has 3 aromatic rings. The van der Waals surface area contributed by atoms with Gasteiger partial charge in [0.25, 0.3) is 10.0 Å². The topological polar surface area (TPSA) is 101 Å². The molecule has 1 saturated heterocycles. The Hall–Kier alpha value is -2.82. The Labute approximate surface area is 178 Å². The number of morpholine rings is 1. The van der Waals surface area contributed by atoms with Crippen LogP contribution in [0.4, 0.5) is 5.13 Å². The summed E-state index contributed by atoms with van der Waals surface area (Å²) in [5.41, 5.74) is 1.93. The molecule has 1 fully saturated rings. The average Bonchev–Trinajstić information content (AvgIpc) is 3.21. The molecule has 0 bridgehead atoms. The SMILES string of the molecule is O=C(Cc1nsc(NS(=O)(=O)c2ccc(-c3ccccc3)cc2)n1)N1CCOCC1. The van der Waals surface area contributed by atoms with Crippen molar-refractivity contribution >= 4 is 32.6 Å². The Kier molecular flexibility index (Phi) is 6.07. The third-order valence-electron chi connectivity index (χ3n) is 4.63. The lowest BCUT2D eigenvalue weighted by molar-refractivity contribution is -0.134. The Balaban J connectivity index is 1.41. The van der Waals surface area contributed by atoms with Crippen molar-refractivity contribution in [1.29, 1.82) is 0 Å². The van der Waals surface area contributed by atoms with Crippen molar-refractivity contribution in [3.8, 4) is 11.1 Å². The summed E-state index contributed by atoms with van der Waals surface area (Å²) in [6.07, 6.45) is 0.0317. The van der Waals surface area contributed by atoms with Crippen molar-refractivity contribution in [2.45, 2.75) is 11.3 Å². The van der Waals surface area contributed by atoms with E-state index in [-0.39, 0.29) is 22.4 Å². The molecule has 1 aromatic heterocycles. The number of benzene rings is 2. The summed E-state index contributed by atoms with van der Waals surface area (Å²) < 4.78 is 37.1. The number of hydrogen-bond acceptors (Lipinski definition) is 7. The van der Waals surface area contributed by atoms with Crippen LogP contribution in [0.5, 0.6) is 0 Å². The van der Waals surface area contributed by atoms with E-state index in [1.807, 2.05) is 30.3 Å². The van der Waals surface area contributed by atoms with Gasteiger partial charge in [-0.05, 0) is 23.3 Å². The first kappa shape index (κ1) is 20.5. The fourth-order valence-electron chi connectivity index (χ4n) is 3.06. The van der Waals surface area contributed by atoms with Crippen molar-refractivity contribution < 1.29 is 17.9 Å². The zero-order valence-corrected chi connectivity index (χ0v) is 17.7. The zero-order valence-electron chi connectivity index (χ0n) is 16.0. The van der Waals surface area contributed by atoms with Crippen molar-refractivity contribution in [2.75, 3.05) is 31.0 Å². The minimum Gasteiger partial charge on any atom is -0.378 e. The quantitative estimate of drug-likeness (QED) is 0.627. The van der Waals surface area contributed by atoms with E-state index in [0.717, 1.165) is 22.7 Å². The molecule has 0 saturated carbocycles. The molecule has 30 heavy (non-hydrogen) atoms. The maximum Gasteiger partial charge on any atom is 0.263 e. The zero-order chi connectivity index (χ0) is 21.0. The van der Waals surface area contributed by atoms with Gasteiger partial charge in [-0.1, -0.05) is 42.5 Å². The van der Waals surface area contributed by atoms with Gasteiger partial charge in [0.15, 0.2) is 5.82 Å². The monoisotopic (exact) mass is 444 g/mol. The van der Waals surface area contributed by atoms with Crippen LogP contribution in [0, 0.1) is 0 Å². The summed E-state index contributed by atoms with van der Waals surface area (Å²) in [4.78, 5) is 18.3. The number of rotatable bonds is 6. The van der Waals surface area contributed by atoms with E-state index in [1.54, 1.807) is 29.2 Å². The number of carbonyl (C=O) groups excluding carboxylic acids is 1. The van der Waals surface area contributed by atoms with Gasteiger partial charge in [-0.15, -0.1) is 0 Å². The maximum absolute atomic E-state index is 12.7. The molecule has 2 heterocycles. The molecule has 1 aliphatic heterocycles. The Bertz CT molecular complexity index is 1110. The van der Waals surface area contributed by atoms with Gasteiger partial charge < -0.3 is 9.64 Å². The number of sulfonamides is 1. The normalized spacial score (nSPS) is 14.5. The van der Waals surface area contributed by atoms with E-state index in [9.17, 15) is 13.2 Å². The molecular formula is C20H20N4O4S2. The fraction of sp³-hybridized carbons (Fsp3) is 0.250. The third-order valence-corrected chi connectivity index (χ3v) is 6.79. The van der Waals surface area contributed by atoms with Gasteiger partial charge in [0.1, 0.15) is 0 Å². The molecule has 1 amide bonds. The summed E-state index contributed by atoms with van der Waals surface area (Å²) in [5.74, 6) is 0.204. The van der Waals surface area contributed by atoms with Gasteiger partial charge in [-0.3, -0.25) is 9.52 Å². The van der Waals surface area contributed by atoms with Crippen LogP contribution in [-0.4, -0.2) is 54.9 Å². The van der Waals surface area contributed by atoms with E-state index >= 15 is 0 Å². The first-order chi connectivity index (χ1) is 14.5. The van der Waals surface area contributed by atoms with E-state index in [1.165, 1.54) is 0 Å². The third kappa shape index (κ3) is 4.84. The fourth-order valence-corrected chi connectivity index (χ4v) is 4.87. The van der Waals surface area contributed by atoms with E-state index in [4.69, 9.17) is 4.74 Å². The highest BCUT2D eigenvalue weighted by Crippen LogP contribution is 2.23. The van der Waals surface area contributed by atoms with Gasteiger partial charge in [0.2, 0.25) is 11.0 Å². The van der Waals surface area contributed by atoms with Crippen LogP contribution in [0.2, 0.25) is 0 Å². The van der Waals surface area contributed by atoms with Crippen molar-refractivity contribution in [2.24, 2.45) is 0 Å². The number of amides is 1. The number of anilines is 1. The Morgan fingerprint density at radius 1 is 1.03 bits per heavy atom. The van der Waals surface area contributed by atoms with Gasteiger partial charge >= 0.3 is 0 Å². The summed E-state index contributed by atoms with van der Waals surface area (Å²) in [6.45, 7) is 2.12. The van der Waals surface area contributed by atoms with E-state index in [0.29, 0.717) is 32.1 Å². The van der Waals surface area contributed by atoms with Crippen LogP contribution in [-0.2, 0) is 26.0 Å². The molecule has 0 unspecified atom stereocenters. The minimum absolute atomic E-state index is 0.0317. The highest BCUT2D eigenvalue weighted by Gasteiger charge is 2.21. The maximum atomic E-state index is 12.7. The number of nitrogens with zero attached hydrogens (tertiary/aromatic N) is 3. The molecule has 0 spiro atoms. The molecule has 0 atom stereocenters. The second-order valence-corrected chi connectivity index (χ2v) is 9.12. The predicted molar refractivity (Wildman–Crippen MR) is 114 cm³/mol. The van der Waals surface area contributed by atoms with Gasteiger partial charge in [0.05, 0.1) is 24.5 Å². The second kappa shape index (κ2) is 8.90. The molecule has 1 N–H and O–H groups in total. The highest BCUT2D eigenvalue weighted by molar-refractivity contribution is 7.93. The summed E-state index contributed by atoms with van der Waals surface area (Å²) in [5, 5.41) is 0.131. The molecular weight excluding hydrogens is 424 g/mol. The van der Waals surface area contributed by atoms with Crippen molar-refractivity contribution in [3.63, 3.8) is 0 Å². The molecule has 8 nitrogen and oxygen atoms in total. The molecule has 0 radical (unpaired) electrons. The number of nitrogens with one attached hydrogen (secondary N) is 1. The summed E-state index contributed by atoms with van der Waals surface area (Å²) in [7, 11) is -3.80. The predicted octanol–water partition coefficient (Wildman–Crippen LogP) is 2.41. The minimum atomic E-state index is -3.80. The van der Waals surface area contributed by atoms with Gasteiger partial charge in [-0.2, -0.15) is 4.37 Å². The largest absolute Gasteiger partial charge is 0.378 e. The lowest BCUT2D eigenvalue weighted by Crippen LogP contribution is -2.41. The first-order valence-electron chi connectivity index (χ1n) is 9.38.